The van der Waals surface area contributed by atoms with Crippen LogP contribution in [-0.4, -0.2) is 24.9 Å². The molecule has 1 unspecified atom stereocenters. The van der Waals surface area contributed by atoms with E-state index in [0.717, 1.165) is 7.11 Å². The molecule has 1 heterocycles. The molecule has 1 atom stereocenters. The Morgan fingerprint density at radius 2 is 2.11 bits per heavy atom. The van der Waals surface area contributed by atoms with Crippen molar-refractivity contribution in [2.24, 2.45) is 0 Å². The maximum absolute atomic E-state index is 12.8. The number of rotatable bonds is 3. The predicted octanol–water partition coefficient (Wildman–Crippen LogP) is -1.97. The fraction of sp³-hybridized carbons (Fsp3) is 0.500. The van der Waals surface area contributed by atoms with Gasteiger partial charge in [0.25, 0.3) is 0 Å². The average Bonchev–Trinajstić information content (AvgIpc) is 2.59. The molecule has 1 rings (SSSR count). The number of halogens is 3. The predicted molar refractivity (Wildman–Crippen MR) is 48.3 cm³/mol. The summed E-state index contributed by atoms with van der Waals surface area (Å²) in [6, 6.07) is 0. The summed E-state index contributed by atoms with van der Waals surface area (Å²) in [4.78, 5) is 10.8. The van der Waals surface area contributed by atoms with E-state index in [-0.39, 0.29) is 57.0 Å². The SMILES string of the molecule is COC([O-])=C(C)CC1(C(F)(F)F)C=CC(=O)O1.[K+]. The van der Waals surface area contributed by atoms with Crippen molar-refractivity contribution in [2.75, 3.05) is 7.11 Å². The van der Waals surface area contributed by atoms with Crippen molar-refractivity contribution in [3.63, 3.8) is 0 Å². The number of carbonyl (C=O) groups excluding carboxylic acids is 1. The maximum Gasteiger partial charge on any atom is 1.00 e. The van der Waals surface area contributed by atoms with Gasteiger partial charge >= 0.3 is 63.5 Å². The van der Waals surface area contributed by atoms with E-state index in [4.69, 9.17) is 0 Å². The zero-order valence-electron chi connectivity index (χ0n) is 10.1. The van der Waals surface area contributed by atoms with Crippen LogP contribution < -0.4 is 56.5 Å². The fourth-order valence-electron chi connectivity index (χ4n) is 1.44. The minimum Gasteiger partial charge on any atom is -0.617 e. The van der Waals surface area contributed by atoms with Gasteiger partial charge in [-0.05, 0) is 25.7 Å². The van der Waals surface area contributed by atoms with Gasteiger partial charge in [-0.2, -0.15) is 13.2 Å². The molecular formula is C10H10F3KO4. The summed E-state index contributed by atoms with van der Waals surface area (Å²) in [5, 5.41) is 11.1. The first-order valence-electron chi connectivity index (χ1n) is 4.61. The molecule has 0 amide bonds. The number of methoxy groups -OCH3 is 1. The maximum atomic E-state index is 12.8. The first-order valence-corrected chi connectivity index (χ1v) is 4.61. The normalized spacial score (nSPS) is 24.2. The molecule has 18 heavy (non-hydrogen) atoms. The van der Waals surface area contributed by atoms with E-state index in [9.17, 15) is 23.1 Å². The van der Waals surface area contributed by atoms with Crippen molar-refractivity contribution >= 4 is 5.97 Å². The summed E-state index contributed by atoms with van der Waals surface area (Å²) in [6.45, 7) is 1.19. The molecule has 0 saturated heterocycles. The van der Waals surface area contributed by atoms with Gasteiger partial charge in [-0.1, -0.05) is 0 Å². The fourth-order valence-corrected chi connectivity index (χ4v) is 1.44. The second-order valence-corrected chi connectivity index (χ2v) is 3.59. The number of esters is 1. The van der Waals surface area contributed by atoms with Crippen molar-refractivity contribution < 1.29 is 83.9 Å². The van der Waals surface area contributed by atoms with Crippen LogP contribution in [0.3, 0.4) is 0 Å². The Hall–Kier alpha value is -0.0236. The summed E-state index contributed by atoms with van der Waals surface area (Å²) in [5.41, 5.74) is -2.94. The molecule has 0 aromatic rings. The molecule has 1 aliphatic rings. The van der Waals surface area contributed by atoms with E-state index < -0.39 is 30.1 Å². The Kier molecular flexibility index (Phi) is 6.41. The van der Waals surface area contributed by atoms with Crippen LogP contribution in [0.25, 0.3) is 0 Å². The summed E-state index contributed by atoms with van der Waals surface area (Å²) >= 11 is 0. The Morgan fingerprint density at radius 3 is 2.44 bits per heavy atom. The third-order valence-electron chi connectivity index (χ3n) is 2.31. The molecule has 0 radical (unpaired) electrons. The van der Waals surface area contributed by atoms with Crippen LogP contribution >= 0.6 is 0 Å². The van der Waals surface area contributed by atoms with Crippen LogP contribution in [0.15, 0.2) is 23.7 Å². The van der Waals surface area contributed by atoms with E-state index >= 15 is 0 Å². The molecule has 0 aromatic heterocycles. The van der Waals surface area contributed by atoms with Gasteiger partial charge in [-0.15, -0.1) is 0 Å². The van der Waals surface area contributed by atoms with Crippen LogP contribution in [-0.2, 0) is 14.3 Å². The van der Waals surface area contributed by atoms with E-state index in [1.807, 2.05) is 0 Å². The van der Waals surface area contributed by atoms with Gasteiger partial charge in [0.1, 0.15) is 0 Å². The molecule has 8 heteroatoms. The third-order valence-corrected chi connectivity index (χ3v) is 2.31. The Morgan fingerprint density at radius 1 is 1.56 bits per heavy atom. The molecule has 0 saturated carbocycles. The molecule has 0 N–H and O–H groups in total. The molecule has 4 nitrogen and oxygen atoms in total. The Bertz CT molecular complexity index is 389. The topological polar surface area (TPSA) is 58.6 Å². The number of cyclic esters (lactones) is 1. The quantitative estimate of drug-likeness (QED) is 0.344. The van der Waals surface area contributed by atoms with Crippen LogP contribution in [0.1, 0.15) is 13.3 Å². The number of alkyl halides is 3. The van der Waals surface area contributed by atoms with E-state index in [1.165, 1.54) is 6.92 Å². The zero-order valence-corrected chi connectivity index (χ0v) is 13.3. The Balaban J connectivity index is 0.00000289. The second-order valence-electron chi connectivity index (χ2n) is 3.59. The first-order chi connectivity index (χ1) is 7.72. The van der Waals surface area contributed by atoms with Gasteiger partial charge in [0, 0.05) is 12.5 Å². The van der Waals surface area contributed by atoms with Crippen LogP contribution in [0, 0.1) is 0 Å². The van der Waals surface area contributed by atoms with Gasteiger partial charge in [-0.3, -0.25) is 0 Å². The van der Waals surface area contributed by atoms with E-state index in [0.29, 0.717) is 12.2 Å². The summed E-state index contributed by atoms with van der Waals surface area (Å²) < 4.78 is 47.0. The summed E-state index contributed by atoms with van der Waals surface area (Å²) in [7, 11) is 1.06. The number of hydrogen-bond donors (Lipinski definition) is 0. The van der Waals surface area contributed by atoms with Crippen molar-refractivity contribution in [3.8, 4) is 0 Å². The smallest absolute Gasteiger partial charge is 0.617 e. The van der Waals surface area contributed by atoms with Crippen molar-refractivity contribution in [1.82, 2.24) is 0 Å². The van der Waals surface area contributed by atoms with E-state index in [2.05, 4.69) is 9.47 Å². The van der Waals surface area contributed by atoms with Gasteiger partial charge in [0.05, 0.1) is 5.95 Å². The van der Waals surface area contributed by atoms with E-state index in [1.54, 1.807) is 0 Å². The molecule has 0 bridgehead atoms. The molecule has 96 valence electrons. The van der Waals surface area contributed by atoms with Gasteiger partial charge in [0.2, 0.25) is 5.60 Å². The van der Waals surface area contributed by atoms with Gasteiger partial charge in [0.15, 0.2) is 0 Å². The molecule has 0 fully saturated rings. The van der Waals surface area contributed by atoms with Crippen LogP contribution in [0.4, 0.5) is 13.2 Å². The molecule has 0 aliphatic carbocycles. The molecule has 0 spiro atoms. The summed E-state index contributed by atoms with van der Waals surface area (Å²) in [5.74, 6) is -1.95. The van der Waals surface area contributed by atoms with Gasteiger partial charge < -0.3 is 14.6 Å². The number of hydrogen-bond acceptors (Lipinski definition) is 4. The van der Waals surface area contributed by atoms with Gasteiger partial charge in [-0.25, -0.2) is 4.79 Å². The number of ether oxygens (including phenoxy) is 2. The van der Waals surface area contributed by atoms with Crippen LogP contribution in [0.2, 0.25) is 0 Å². The standard InChI is InChI=1S/C10H11F3O4.K/c1-6(8(15)16-2)5-9(10(11,12)13)4-3-7(14)17-9;/h3-4,15H,5H2,1-2H3;/q;+1/p-1. The molecule has 0 aromatic carbocycles. The van der Waals surface area contributed by atoms with Crippen molar-refractivity contribution in [2.45, 2.75) is 25.1 Å². The number of carbonyl (C=O) groups is 1. The largest absolute Gasteiger partial charge is 1.00 e. The second kappa shape index (κ2) is 6.42. The van der Waals surface area contributed by atoms with Crippen LogP contribution in [0.5, 0.6) is 0 Å². The minimum atomic E-state index is -4.79. The zero-order chi connectivity index (χ0) is 13.3. The first kappa shape index (κ1) is 18.0. The molecular weight excluding hydrogens is 280 g/mol. The minimum absolute atomic E-state index is 0. The average molecular weight is 290 g/mol. The van der Waals surface area contributed by atoms with Crippen molar-refractivity contribution in [1.29, 1.82) is 0 Å². The third kappa shape index (κ3) is 3.73. The summed E-state index contributed by atoms with van der Waals surface area (Å²) in [6.07, 6.45) is -4.25. The molecule has 1 aliphatic heterocycles. The monoisotopic (exact) mass is 290 g/mol. The van der Waals surface area contributed by atoms with Crippen molar-refractivity contribution in [3.05, 3.63) is 23.7 Å². The Labute approximate surface area is 144 Å².